The van der Waals surface area contributed by atoms with Gasteiger partial charge in [-0.05, 0) is 61.8 Å². The van der Waals surface area contributed by atoms with Crippen LogP contribution in [-0.4, -0.2) is 11.4 Å². The Kier molecular flexibility index (Phi) is 4.73. The first-order valence-electron chi connectivity index (χ1n) is 7.39. The summed E-state index contributed by atoms with van der Waals surface area (Å²) in [4.78, 5) is 12.3. The number of nitriles is 1. The second-order valence-electron chi connectivity index (χ2n) is 6.05. The molecule has 0 bridgehead atoms. The molecule has 0 spiro atoms. The van der Waals surface area contributed by atoms with Crippen LogP contribution in [-0.2, 0) is 17.6 Å². The van der Waals surface area contributed by atoms with Crippen molar-refractivity contribution >= 4 is 21.8 Å². The molecule has 0 radical (unpaired) electrons. The van der Waals surface area contributed by atoms with Crippen molar-refractivity contribution in [3.8, 4) is 6.07 Å². The number of hydrogen-bond acceptors (Lipinski definition) is 2. The van der Waals surface area contributed by atoms with Crippen LogP contribution in [0.2, 0.25) is 0 Å². The average Bonchev–Trinajstić information content (AvgIpc) is 3.26. The van der Waals surface area contributed by atoms with E-state index in [2.05, 4.69) is 40.3 Å². The zero-order valence-electron chi connectivity index (χ0n) is 12.8. The monoisotopic (exact) mass is 348 g/mol. The van der Waals surface area contributed by atoms with Crippen molar-refractivity contribution in [2.24, 2.45) is 5.92 Å². The van der Waals surface area contributed by atoms with Crippen molar-refractivity contribution in [3.63, 3.8) is 0 Å². The summed E-state index contributed by atoms with van der Waals surface area (Å²) in [6.45, 7) is 5.97. The van der Waals surface area contributed by atoms with Crippen LogP contribution < -0.4 is 5.32 Å². The van der Waals surface area contributed by atoms with Crippen LogP contribution in [0.1, 0.15) is 43.4 Å². The zero-order valence-corrected chi connectivity index (χ0v) is 14.4. The second-order valence-corrected chi connectivity index (χ2v) is 6.91. The van der Waals surface area contributed by atoms with Crippen LogP contribution >= 0.6 is 15.9 Å². The summed E-state index contributed by atoms with van der Waals surface area (Å²) in [5, 5.41) is 12.3. The molecule has 1 atom stereocenters. The largest absolute Gasteiger partial charge is 0.338 e. The summed E-state index contributed by atoms with van der Waals surface area (Å²) in [5.74, 6) is 0.226. The molecule has 1 fully saturated rings. The molecule has 1 N–H and O–H groups in total. The van der Waals surface area contributed by atoms with Crippen LogP contribution in [0.15, 0.2) is 16.6 Å². The number of halogens is 1. The Bertz CT molecular complexity index is 602. The lowest BCUT2D eigenvalue weighted by Crippen LogP contribution is -2.47. The molecule has 1 unspecified atom stereocenters. The maximum Gasteiger partial charge on any atom is 0.225 e. The van der Waals surface area contributed by atoms with Gasteiger partial charge >= 0.3 is 0 Å². The molecule has 1 aromatic rings. The van der Waals surface area contributed by atoms with E-state index in [0.717, 1.165) is 29.3 Å². The van der Waals surface area contributed by atoms with Crippen molar-refractivity contribution in [2.75, 3.05) is 0 Å². The highest BCUT2D eigenvalue weighted by Gasteiger charge is 2.43. The van der Waals surface area contributed by atoms with Crippen LogP contribution in [0.25, 0.3) is 0 Å². The average molecular weight is 349 g/mol. The van der Waals surface area contributed by atoms with E-state index in [-0.39, 0.29) is 5.91 Å². The quantitative estimate of drug-likeness (QED) is 0.882. The molecule has 2 rings (SSSR count). The Morgan fingerprint density at radius 1 is 1.52 bits per heavy atom. The lowest BCUT2D eigenvalue weighted by atomic mass is 9.96. The van der Waals surface area contributed by atoms with Crippen molar-refractivity contribution < 1.29 is 4.79 Å². The van der Waals surface area contributed by atoms with E-state index >= 15 is 0 Å². The highest BCUT2D eigenvalue weighted by molar-refractivity contribution is 9.10. The highest BCUT2D eigenvalue weighted by Crippen LogP contribution is 2.39. The van der Waals surface area contributed by atoms with E-state index in [0.29, 0.717) is 12.3 Å². The predicted octanol–water partition coefficient (Wildman–Crippen LogP) is 3.67. The predicted molar refractivity (Wildman–Crippen MR) is 86.8 cm³/mol. The van der Waals surface area contributed by atoms with Gasteiger partial charge in [0.25, 0.3) is 0 Å². The Balaban J connectivity index is 2.15. The van der Waals surface area contributed by atoms with Crippen molar-refractivity contribution in [1.82, 2.24) is 5.32 Å². The first-order valence-corrected chi connectivity index (χ1v) is 8.19. The third kappa shape index (κ3) is 3.65. The van der Waals surface area contributed by atoms with Crippen molar-refractivity contribution in [2.45, 2.75) is 52.0 Å². The van der Waals surface area contributed by atoms with Gasteiger partial charge in [-0.2, -0.15) is 5.26 Å². The molecule has 1 aromatic carbocycles. The molecular weight excluding hydrogens is 328 g/mol. The van der Waals surface area contributed by atoms with Crippen molar-refractivity contribution in [1.29, 1.82) is 5.26 Å². The summed E-state index contributed by atoms with van der Waals surface area (Å²) in [6, 6.07) is 6.42. The number of carbonyl (C=O) groups excluding carboxylic acids is 1. The number of rotatable bonds is 5. The minimum absolute atomic E-state index is 0.0785. The molecule has 1 aliphatic carbocycles. The van der Waals surface area contributed by atoms with E-state index in [1.807, 2.05) is 19.9 Å². The van der Waals surface area contributed by atoms with Crippen LogP contribution in [0, 0.1) is 24.2 Å². The molecule has 0 heterocycles. The van der Waals surface area contributed by atoms with Crippen LogP contribution in [0.5, 0.6) is 0 Å². The fourth-order valence-corrected chi connectivity index (χ4v) is 3.49. The zero-order chi connectivity index (χ0) is 15.6. The Morgan fingerprint density at radius 2 is 2.19 bits per heavy atom. The number of nitrogens with zero attached hydrogens (tertiary/aromatic N) is 1. The van der Waals surface area contributed by atoms with Crippen molar-refractivity contribution in [3.05, 3.63) is 33.3 Å². The molecular formula is C17H21BrN2O. The highest BCUT2D eigenvalue weighted by atomic mass is 79.9. The van der Waals surface area contributed by atoms with E-state index in [1.165, 1.54) is 11.1 Å². The fourth-order valence-electron chi connectivity index (χ4n) is 2.73. The fraction of sp³-hybridized carbons (Fsp3) is 0.529. The number of amides is 1. The molecule has 1 aliphatic rings. The maximum atomic E-state index is 12.3. The van der Waals surface area contributed by atoms with Gasteiger partial charge < -0.3 is 5.32 Å². The SMILES string of the molecule is CCc1cc(C)cc(Br)c1CC(=O)NC(C)(C#N)C1CC1. The summed E-state index contributed by atoms with van der Waals surface area (Å²) in [6.07, 6.45) is 3.26. The number of carbonyl (C=O) groups is 1. The van der Waals surface area contributed by atoms with Gasteiger partial charge in [0.05, 0.1) is 12.5 Å². The van der Waals surface area contributed by atoms with E-state index in [4.69, 9.17) is 0 Å². The minimum atomic E-state index is -0.722. The Morgan fingerprint density at radius 3 is 2.71 bits per heavy atom. The van der Waals surface area contributed by atoms with E-state index < -0.39 is 5.54 Å². The van der Waals surface area contributed by atoms with Gasteiger partial charge in [0, 0.05) is 4.47 Å². The van der Waals surface area contributed by atoms with Gasteiger partial charge in [-0.1, -0.05) is 28.9 Å². The second kappa shape index (κ2) is 6.19. The molecule has 112 valence electrons. The molecule has 4 heteroatoms. The summed E-state index contributed by atoms with van der Waals surface area (Å²) in [7, 11) is 0. The van der Waals surface area contributed by atoms with Crippen LogP contribution in [0.3, 0.4) is 0 Å². The summed E-state index contributed by atoms with van der Waals surface area (Å²) >= 11 is 3.56. The van der Waals surface area contributed by atoms with Gasteiger partial charge in [0.1, 0.15) is 5.54 Å². The van der Waals surface area contributed by atoms with Gasteiger partial charge in [0.15, 0.2) is 0 Å². The van der Waals surface area contributed by atoms with Gasteiger partial charge in [-0.25, -0.2) is 0 Å². The third-order valence-electron chi connectivity index (χ3n) is 4.18. The van der Waals surface area contributed by atoms with Crippen LogP contribution in [0.4, 0.5) is 0 Å². The normalized spacial score (nSPS) is 16.9. The van der Waals surface area contributed by atoms with Gasteiger partial charge in [0.2, 0.25) is 5.91 Å². The lowest BCUT2D eigenvalue weighted by molar-refractivity contribution is -0.121. The lowest BCUT2D eigenvalue weighted by Gasteiger charge is -2.23. The van der Waals surface area contributed by atoms with Gasteiger partial charge in [-0.15, -0.1) is 0 Å². The molecule has 3 nitrogen and oxygen atoms in total. The summed E-state index contributed by atoms with van der Waals surface area (Å²) < 4.78 is 0.972. The minimum Gasteiger partial charge on any atom is -0.338 e. The number of benzene rings is 1. The maximum absolute atomic E-state index is 12.3. The molecule has 0 aliphatic heterocycles. The number of aryl methyl sites for hydroxylation is 2. The van der Waals surface area contributed by atoms with E-state index in [9.17, 15) is 10.1 Å². The number of nitrogens with one attached hydrogen (secondary N) is 1. The molecule has 1 amide bonds. The topological polar surface area (TPSA) is 52.9 Å². The molecule has 21 heavy (non-hydrogen) atoms. The Labute approximate surface area is 134 Å². The smallest absolute Gasteiger partial charge is 0.225 e. The Hall–Kier alpha value is -1.34. The third-order valence-corrected chi connectivity index (χ3v) is 4.88. The van der Waals surface area contributed by atoms with E-state index in [1.54, 1.807) is 0 Å². The molecule has 1 saturated carbocycles. The molecule has 0 saturated heterocycles. The molecule has 0 aromatic heterocycles. The first-order chi connectivity index (χ1) is 9.89. The number of hydrogen-bond donors (Lipinski definition) is 1. The first kappa shape index (κ1) is 16.0. The van der Waals surface area contributed by atoms with Gasteiger partial charge in [-0.3, -0.25) is 4.79 Å². The summed E-state index contributed by atoms with van der Waals surface area (Å²) in [5.41, 5.74) is 2.67. The standard InChI is InChI=1S/C17H21BrN2O/c1-4-12-7-11(2)8-15(18)14(12)9-16(21)20-17(3,10-19)13-5-6-13/h7-8,13H,4-6,9H2,1-3H3,(H,20,21).